The van der Waals surface area contributed by atoms with E-state index in [1.165, 1.54) is 65.0 Å². The molecule has 0 unspecified atom stereocenters. The number of aromatic amines is 1. The Kier molecular flexibility index (Phi) is 10.8. The van der Waals surface area contributed by atoms with E-state index in [-0.39, 0.29) is 11.6 Å². The molecular formula is C81H45N7O3. The van der Waals surface area contributed by atoms with E-state index in [1.54, 1.807) is 6.33 Å². The zero-order valence-electron chi connectivity index (χ0n) is 48.3. The molecule has 1 aliphatic heterocycles. The smallest absolute Gasteiger partial charge is 0.194 e. The summed E-state index contributed by atoms with van der Waals surface area (Å²) in [6.07, 6.45) is 1.59. The van der Waals surface area contributed by atoms with Crippen LogP contribution < -0.4 is 10.1 Å². The minimum Gasteiger partial charge on any atom is -0.453 e. The molecule has 3 aliphatic carbocycles. The molecular weight excluding hydrogens is 1120 g/mol. The van der Waals surface area contributed by atoms with Crippen LogP contribution in [0.3, 0.4) is 0 Å². The molecule has 15 aromatic carbocycles. The van der Waals surface area contributed by atoms with Crippen molar-refractivity contribution in [2.75, 3.05) is 5.32 Å². The molecule has 22 rings (SSSR count). The summed E-state index contributed by atoms with van der Waals surface area (Å²) in [5.74, 6) is 1.82. The van der Waals surface area contributed by atoms with Crippen LogP contribution in [0.25, 0.3) is 154 Å². The topological polar surface area (TPSA) is 136 Å². The number of anilines is 2. The number of ketones is 2. The molecule has 18 aromatic rings. The summed E-state index contributed by atoms with van der Waals surface area (Å²) in [4.78, 5) is 53.1. The summed E-state index contributed by atoms with van der Waals surface area (Å²) < 4.78 is 5.92. The second-order valence-corrected chi connectivity index (χ2v) is 23.5. The highest BCUT2D eigenvalue weighted by atomic mass is 16.5. The number of benzene rings is 14. The number of nitrogens with zero attached hydrogens (tertiary/aromatic N) is 5. The fourth-order valence-electron chi connectivity index (χ4n) is 14.2. The third-order valence-corrected chi connectivity index (χ3v) is 18.4. The van der Waals surface area contributed by atoms with Crippen molar-refractivity contribution in [3.63, 3.8) is 0 Å². The lowest BCUT2D eigenvalue weighted by Gasteiger charge is -2.26. The third-order valence-electron chi connectivity index (χ3n) is 18.4. The van der Waals surface area contributed by atoms with Crippen LogP contribution in [-0.2, 0) is 0 Å². The average Bonchev–Trinajstić information content (AvgIpc) is 1.41. The van der Waals surface area contributed by atoms with Crippen molar-refractivity contribution in [2.45, 2.75) is 0 Å². The largest absolute Gasteiger partial charge is 0.453 e. The van der Waals surface area contributed by atoms with Crippen molar-refractivity contribution >= 4 is 132 Å². The van der Waals surface area contributed by atoms with Gasteiger partial charge in [-0.05, 0) is 115 Å². The lowest BCUT2D eigenvalue weighted by Crippen LogP contribution is -2.15. The Morgan fingerprint density at radius 3 is 1.42 bits per heavy atom. The first-order valence-electron chi connectivity index (χ1n) is 30.3. The van der Waals surface area contributed by atoms with Gasteiger partial charge < -0.3 is 15.0 Å². The van der Waals surface area contributed by atoms with Gasteiger partial charge in [0.15, 0.2) is 23.1 Å². The van der Waals surface area contributed by atoms with Gasteiger partial charge >= 0.3 is 0 Å². The fraction of sp³-hybridized carbons (Fsp3) is 0. The zero-order valence-corrected chi connectivity index (χ0v) is 48.3. The SMILES string of the molecule is O=C1c2ccccc2-c2ccc3c4c(ccc1c24)-c1ccccc1C3=O.c1cc2cccc3c4[nH]c5cc6ncnc6cc5nc4c(c1)c23.c1ccc2c(c1)Nc1cc3ccccc3cc1O2.c1ccc2cc3nc4c(nc3cc2c1)-c1cccc2cccc-4c12. The van der Waals surface area contributed by atoms with E-state index in [0.29, 0.717) is 11.1 Å². The van der Waals surface area contributed by atoms with Crippen molar-refractivity contribution in [1.82, 2.24) is 29.9 Å². The van der Waals surface area contributed by atoms with Crippen molar-refractivity contribution in [2.24, 2.45) is 0 Å². The minimum atomic E-state index is 0.0307. The number of nitrogens with one attached hydrogen (secondary N) is 2. The number of hydrogen-bond donors (Lipinski definition) is 2. The second kappa shape index (κ2) is 19.5. The Hall–Kier alpha value is -12.5. The molecule has 3 aromatic heterocycles. The van der Waals surface area contributed by atoms with Gasteiger partial charge in [0.25, 0.3) is 0 Å². The van der Waals surface area contributed by atoms with Crippen LogP contribution in [0.5, 0.6) is 11.5 Å². The summed E-state index contributed by atoms with van der Waals surface area (Å²) >= 11 is 0. The number of H-pyrrole nitrogens is 1. The van der Waals surface area contributed by atoms with Gasteiger partial charge in [-0.3, -0.25) is 9.59 Å². The van der Waals surface area contributed by atoms with Crippen molar-refractivity contribution in [1.29, 1.82) is 0 Å². The maximum absolute atomic E-state index is 13.1. The summed E-state index contributed by atoms with van der Waals surface area (Å²) in [7, 11) is 0. The van der Waals surface area contributed by atoms with Crippen LogP contribution in [0.1, 0.15) is 31.8 Å². The predicted octanol–water partition coefficient (Wildman–Crippen LogP) is 19.9. The second-order valence-electron chi connectivity index (χ2n) is 23.5. The monoisotopic (exact) mass is 1160 g/mol. The first-order valence-corrected chi connectivity index (χ1v) is 30.3. The Morgan fingerprint density at radius 2 is 0.791 bits per heavy atom. The van der Waals surface area contributed by atoms with Gasteiger partial charge in [0.1, 0.15) is 6.33 Å². The van der Waals surface area contributed by atoms with Crippen LogP contribution in [0.15, 0.2) is 261 Å². The Labute approximate surface area is 518 Å². The number of hydrogen-bond acceptors (Lipinski definition) is 9. The van der Waals surface area contributed by atoms with Crippen molar-refractivity contribution in [3.05, 3.63) is 283 Å². The van der Waals surface area contributed by atoms with Crippen LogP contribution >= 0.6 is 0 Å². The van der Waals surface area contributed by atoms with Crippen molar-refractivity contribution in [3.8, 4) is 56.3 Å². The summed E-state index contributed by atoms with van der Waals surface area (Å²) in [6.45, 7) is 0. The number of carbonyl (C=O) groups is 2. The molecule has 422 valence electrons. The van der Waals surface area contributed by atoms with Crippen LogP contribution in [0.2, 0.25) is 0 Å². The first kappa shape index (κ1) is 50.6. The van der Waals surface area contributed by atoms with Crippen molar-refractivity contribution < 1.29 is 14.3 Å². The number of ether oxygens (including phenoxy) is 1. The number of carbonyl (C=O) groups excluding carboxylic acids is 2. The van der Waals surface area contributed by atoms with Gasteiger partial charge in [-0.1, -0.05) is 194 Å². The van der Waals surface area contributed by atoms with Gasteiger partial charge in [0.2, 0.25) is 0 Å². The van der Waals surface area contributed by atoms with E-state index >= 15 is 0 Å². The van der Waals surface area contributed by atoms with E-state index in [2.05, 4.69) is 154 Å². The Balaban J connectivity index is 0.0000000877. The quantitative estimate of drug-likeness (QED) is 0.142. The molecule has 4 aliphatic rings. The third kappa shape index (κ3) is 7.76. The predicted molar refractivity (Wildman–Crippen MR) is 367 cm³/mol. The van der Waals surface area contributed by atoms with Crippen LogP contribution in [0.4, 0.5) is 11.4 Å². The van der Waals surface area contributed by atoms with Crippen LogP contribution in [-0.4, -0.2) is 41.5 Å². The number of fused-ring (bicyclic) bond motifs is 17. The number of aromatic nitrogens is 6. The Bertz CT molecular complexity index is 5870. The molecule has 91 heavy (non-hydrogen) atoms. The van der Waals surface area contributed by atoms with E-state index in [4.69, 9.17) is 19.7 Å². The molecule has 0 fully saturated rings. The van der Waals surface area contributed by atoms with E-state index in [9.17, 15) is 9.59 Å². The minimum absolute atomic E-state index is 0.0307. The van der Waals surface area contributed by atoms with Gasteiger partial charge in [-0.2, -0.15) is 0 Å². The fourth-order valence-corrected chi connectivity index (χ4v) is 14.2. The lowest BCUT2D eigenvalue weighted by molar-refractivity contribution is 0.103. The molecule has 0 amide bonds. The van der Waals surface area contributed by atoms with Gasteiger partial charge in [0.05, 0.1) is 66.9 Å². The molecule has 0 radical (unpaired) electrons. The molecule has 0 bridgehead atoms. The zero-order chi connectivity index (χ0) is 60.0. The highest BCUT2D eigenvalue weighted by Crippen LogP contribution is 2.49. The standard InChI is InChI=1S/C24H12O2.C22H12N2.C19H10N4.C16H11NO/c25-23-17-7-3-1-5-13(17)15-9-11-20-22-16(10-12-19(23)21(15)22)14-6-2-4-8-18(14)24(20)26;1-2-6-15-12-19-18(11-14(15)5-1)23-21-16-9-3-7-13-8-4-10-17(20(13)16)22(21)24-19;1-3-10-4-2-6-12-17(10)11(5-1)18-19(12)23-16-8-14-13(20-9-21-14)7-15(16)22-18;1-2-6-12-10-16-14(9-11(12)5-1)17-13-7-3-4-8-15(13)18-16/h1-12H;1-12H;1-9,22H;1-10,17H. The van der Waals surface area contributed by atoms with E-state index in [1.807, 2.05) is 121 Å². The normalized spacial score (nSPS) is 12.6. The summed E-state index contributed by atoms with van der Waals surface area (Å²) in [5.41, 5.74) is 20.9. The Morgan fingerprint density at radius 1 is 0.308 bits per heavy atom. The summed E-state index contributed by atoms with van der Waals surface area (Å²) in [5, 5.41) is 17.5. The molecule has 10 heteroatoms. The first-order chi connectivity index (χ1) is 44.9. The van der Waals surface area contributed by atoms with Crippen LogP contribution in [0, 0.1) is 0 Å². The molecule has 2 N–H and O–H groups in total. The van der Waals surface area contributed by atoms with Gasteiger partial charge in [0, 0.05) is 65.7 Å². The van der Waals surface area contributed by atoms with E-state index in [0.717, 1.165) is 123 Å². The molecule has 0 atom stereocenters. The average molecular weight is 1160 g/mol. The summed E-state index contributed by atoms with van der Waals surface area (Å²) in [6, 6.07) is 86.0. The molecule has 0 saturated heterocycles. The molecule has 10 nitrogen and oxygen atoms in total. The highest BCUT2D eigenvalue weighted by Gasteiger charge is 2.32. The molecule has 0 saturated carbocycles. The molecule has 0 spiro atoms. The number of imidazole rings is 1. The maximum atomic E-state index is 13.1. The van der Waals surface area contributed by atoms with E-state index < -0.39 is 0 Å². The maximum Gasteiger partial charge on any atom is 0.194 e. The lowest BCUT2D eigenvalue weighted by atomic mass is 9.76. The number of para-hydroxylation sites is 2. The highest BCUT2D eigenvalue weighted by molar-refractivity contribution is 6.34. The number of rotatable bonds is 0. The van der Waals surface area contributed by atoms with Gasteiger partial charge in [-0.15, -0.1) is 0 Å². The molecule has 4 heterocycles. The van der Waals surface area contributed by atoms with Gasteiger partial charge in [-0.25, -0.2) is 24.9 Å².